The van der Waals surface area contributed by atoms with E-state index in [1.807, 2.05) is 11.8 Å². The molecule has 1 unspecified atom stereocenters. The van der Waals surface area contributed by atoms with Gasteiger partial charge in [-0.3, -0.25) is 4.79 Å². The van der Waals surface area contributed by atoms with Crippen LogP contribution in [0, 0.1) is 0 Å². The molecule has 94 valence electrons. The molecule has 0 spiro atoms. The molecule has 0 aromatic rings. The number of rotatable bonds is 6. The fourth-order valence-corrected chi connectivity index (χ4v) is 5.00. The number of carbonyl (C=O) groups is 1. The van der Waals surface area contributed by atoms with Crippen molar-refractivity contribution in [3.63, 3.8) is 0 Å². The van der Waals surface area contributed by atoms with E-state index in [2.05, 4.69) is 0 Å². The normalized spacial score (nSPS) is 21.9. The molecule has 1 atom stereocenters. The second-order valence-electron chi connectivity index (χ2n) is 3.74. The molecular formula is C10H18O3S3. The molecule has 16 heavy (non-hydrogen) atoms. The standard InChI is InChI=1S/C10H18O3S3/c1-2-16(12,13)7-3-4-9(11)10-8-14-5-6-15-10/h10H,2-8H2,1H3. The van der Waals surface area contributed by atoms with Crippen molar-refractivity contribution < 1.29 is 13.2 Å². The average molecular weight is 282 g/mol. The minimum Gasteiger partial charge on any atom is -0.298 e. The van der Waals surface area contributed by atoms with Gasteiger partial charge in [-0.05, 0) is 6.42 Å². The van der Waals surface area contributed by atoms with E-state index in [4.69, 9.17) is 0 Å². The summed E-state index contributed by atoms with van der Waals surface area (Å²) in [7, 11) is -2.91. The zero-order chi connectivity index (χ0) is 12.0. The van der Waals surface area contributed by atoms with Gasteiger partial charge in [0.25, 0.3) is 0 Å². The van der Waals surface area contributed by atoms with Crippen molar-refractivity contribution in [1.29, 1.82) is 0 Å². The Morgan fingerprint density at radius 1 is 1.38 bits per heavy atom. The lowest BCUT2D eigenvalue weighted by Gasteiger charge is -2.19. The summed E-state index contributed by atoms with van der Waals surface area (Å²) in [6.07, 6.45) is 0.897. The third-order valence-electron chi connectivity index (χ3n) is 2.49. The topological polar surface area (TPSA) is 51.2 Å². The first-order chi connectivity index (χ1) is 7.55. The maximum atomic E-state index is 11.7. The summed E-state index contributed by atoms with van der Waals surface area (Å²) in [5, 5.41) is 0.100. The summed E-state index contributed by atoms with van der Waals surface area (Å²) in [6, 6.07) is 0. The minimum absolute atomic E-state index is 0.100. The Kier molecular flexibility index (Phi) is 6.21. The van der Waals surface area contributed by atoms with Crippen molar-refractivity contribution >= 4 is 39.1 Å². The number of Topliss-reactive ketones (excluding diaryl/α,β-unsaturated/α-hetero) is 1. The summed E-state index contributed by atoms with van der Waals surface area (Å²) < 4.78 is 22.5. The summed E-state index contributed by atoms with van der Waals surface area (Å²) in [6.45, 7) is 1.64. The van der Waals surface area contributed by atoms with E-state index in [1.54, 1.807) is 18.7 Å². The quantitative estimate of drug-likeness (QED) is 0.741. The first-order valence-corrected chi connectivity index (χ1v) is 9.50. The van der Waals surface area contributed by atoms with Gasteiger partial charge < -0.3 is 0 Å². The van der Waals surface area contributed by atoms with E-state index in [-0.39, 0.29) is 22.5 Å². The largest absolute Gasteiger partial charge is 0.298 e. The maximum absolute atomic E-state index is 11.7. The molecule has 1 heterocycles. The van der Waals surface area contributed by atoms with Crippen LogP contribution in [0.4, 0.5) is 0 Å². The number of sulfone groups is 1. The van der Waals surface area contributed by atoms with Crippen molar-refractivity contribution in [2.45, 2.75) is 25.0 Å². The molecule has 0 saturated carbocycles. The second-order valence-corrected chi connectivity index (χ2v) is 8.67. The third kappa shape index (κ3) is 5.10. The molecule has 0 aromatic carbocycles. The summed E-state index contributed by atoms with van der Waals surface area (Å²) >= 11 is 3.53. The van der Waals surface area contributed by atoms with Crippen LogP contribution in [0.3, 0.4) is 0 Å². The van der Waals surface area contributed by atoms with Gasteiger partial charge in [-0.2, -0.15) is 11.8 Å². The first-order valence-electron chi connectivity index (χ1n) is 5.47. The van der Waals surface area contributed by atoms with Crippen LogP contribution in [0.1, 0.15) is 19.8 Å². The highest BCUT2D eigenvalue weighted by atomic mass is 32.2. The van der Waals surface area contributed by atoms with Gasteiger partial charge in [0.2, 0.25) is 0 Å². The summed E-state index contributed by atoms with van der Waals surface area (Å²) in [5.74, 6) is 3.61. The second kappa shape index (κ2) is 6.91. The fourth-order valence-electron chi connectivity index (χ4n) is 1.45. The van der Waals surface area contributed by atoms with Gasteiger partial charge in [0.05, 0.1) is 11.0 Å². The molecule has 0 bridgehead atoms. The van der Waals surface area contributed by atoms with Crippen molar-refractivity contribution in [2.75, 3.05) is 28.8 Å². The van der Waals surface area contributed by atoms with Crippen molar-refractivity contribution in [1.82, 2.24) is 0 Å². The Hall–Kier alpha value is 0.320. The van der Waals surface area contributed by atoms with Crippen molar-refractivity contribution in [2.24, 2.45) is 0 Å². The van der Waals surface area contributed by atoms with Crippen LogP contribution >= 0.6 is 23.5 Å². The molecule has 0 amide bonds. The van der Waals surface area contributed by atoms with Gasteiger partial charge >= 0.3 is 0 Å². The van der Waals surface area contributed by atoms with Gasteiger partial charge in [0.15, 0.2) is 0 Å². The third-order valence-corrected chi connectivity index (χ3v) is 7.09. The summed E-state index contributed by atoms with van der Waals surface area (Å²) in [4.78, 5) is 11.7. The smallest absolute Gasteiger partial charge is 0.150 e. The van der Waals surface area contributed by atoms with E-state index >= 15 is 0 Å². The molecule has 3 nitrogen and oxygen atoms in total. The molecule has 0 N–H and O–H groups in total. The first kappa shape index (κ1) is 14.4. The SMILES string of the molecule is CCS(=O)(=O)CCCC(=O)C1CSCCS1. The van der Waals surface area contributed by atoms with E-state index in [9.17, 15) is 13.2 Å². The molecule has 0 radical (unpaired) electrons. The van der Waals surface area contributed by atoms with E-state index in [1.165, 1.54) is 0 Å². The van der Waals surface area contributed by atoms with Crippen LogP contribution in [0.15, 0.2) is 0 Å². The van der Waals surface area contributed by atoms with Crippen LogP contribution in [-0.4, -0.2) is 48.2 Å². The zero-order valence-electron chi connectivity index (χ0n) is 9.48. The number of ketones is 1. The highest BCUT2D eigenvalue weighted by Crippen LogP contribution is 2.25. The molecule has 1 aliphatic rings. The molecule has 1 saturated heterocycles. The Morgan fingerprint density at radius 2 is 2.12 bits per heavy atom. The Bertz CT molecular complexity index is 318. The van der Waals surface area contributed by atoms with E-state index in [0.717, 1.165) is 17.3 Å². The lowest BCUT2D eigenvalue weighted by Crippen LogP contribution is -2.24. The highest BCUT2D eigenvalue weighted by Gasteiger charge is 2.21. The van der Waals surface area contributed by atoms with E-state index < -0.39 is 9.84 Å². The van der Waals surface area contributed by atoms with E-state index in [0.29, 0.717) is 12.8 Å². The monoisotopic (exact) mass is 282 g/mol. The highest BCUT2D eigenvalue weighted by molar-refractivity contribution is 8.07. The molecule has 1 fully saturated rings. The predicted octanol–water partition coefficient (Wildman–Crippen LogP) is 1.62. The van der Waals surface area contributed by atoms with Crippen LogP contribution < -0.4 is 0 Å². The van der Waals surface area contributed by atoms with Crippen molar-refractivity contribution in [3.8, 4) is 0 Å². The lowest BCUT2D eigenvalue weighted by molar-refractivity contribution is -0.118. The number of thioether (sulfide) groups is 2. The molecule has 0 aromatic heterocycles. The van der Waals surface area contributed by atoms with Crippen LogP contribution in [0.5, 0.6) is 0 Å². The lowest BCUT2D eigenvalue weighted by atomic mass is 10.2. The van der Waals surface area contributed by atoms with Gasteiger partial charge in [-0.25, -0.2) is 8.42 Å². The Labute approximate surface area is 106 Å². The number of carbonyl (C=O) groups excluding carboxylic acids is 1. The zero-order valence-corrected chi connectivity index (χ0v) is 11.9. The van der Waals surface area contributed by atoms with Gasteiger partial charge in [-0.1, -0.05) is 6.92 Å². The summed E-state index contributed by atoms with van der Waals surface area (Å²) in [5.41, 5.74) is 0. The average Bonchev–Trinajstić information content (AvgIpc) is 2.30. The molecule has 6 heteroatoms. The number of hydrogen-bond donors (Lipinski definition) is 0. The molecule has 0 aliphatic carbocycles. The Balaban J connectivity index is 2.24. The predicted molar refractivity (Wildman–Crippen MR) is 72.1 cm³/mol. The molecular weight excluding hydrogens is 264 g/mol. The maximum Gasteiger partial charge on any atom is 0.150 e. The fraction of sp³-hybridized carbons (Fsp3) is 0.900. The minimum atomic E-state index is -2.91. The van der Waals surface area contributed by atoms with Gasteiger partial charge in [0, 0.05) is 29.4 Å². The van der Waals surface area contributed by atoms with Crippen LogP contribution in [0.25, 0.3) is 0 Å². The van der Waals surface area contributed by atoms with Crippen molar-refractivity contribution in [3.05, 3.63) is 0 Å². The Morgan fingerprint density at radius 3 is 2.69 bits per heavy atom. The van der Waals surface area contributed by atoms with Gasteiger partial charge in [-0.15, -0.1) is 11.8 Å². The van der Waals surface area contributed by atoms with Crippen LogP contribution in [0.2, 0.25) is 0 Å². The number of hydrogen-bond acceptors (Lipinski definition) is 5. The van der Waals surface area contributed by atoms with Crippen LogP contribution in [-0.2, 0) is 14.6 Å². The molecule has 1 aliphatic heterocycles. The molecule has 1 rings (SSSR count). The van der Waals surface area contributed by atoms with Gasteiger partial charge in [0.1, 0.15) is 15.6 Å².